The SMILES string of the molecule is CNCCN(C(=S)NC)[C@H]1CC[C@H](C)CC1. The summed E-state index contributed by atoms with van der Waals surface area (Å²) in [6, 6.07) is 0.643. The molecule has 94 valence electrons. The summed E-state index contributed by atoms with van der Waals surface area (Å²) in [7, 11) is 3.91. The summed E-state index contributed by atoms with van der Waals surface area (Å²) in [6.07, 6.45) is 5.25. The van der Waals surface area contributed by atoms with Crippen LogP contribution in [0.3, 0.4) is 0 Å². The highest BCUT2D eigenvalue weighted by Crippen LogP contribution is 2.26. The van der Waals surface area contributed by atoms with Crippen molar-refractivity contribution in [1.82, 2.24) is 15.5 Å². The van der Waals surface area contributed by atoms with Crippen LogP contribution in [0.4, 0.5) is 0 Å². The lowest BCUT2D eigenvalue weighted by Crippen LogP contribution is -2.48. The van der Waals surface area contributed by atoms with Gasteiger partial charge < -0.3 is 15.5 Å². The third-order valence-corrected chi connectivity index (χ3v) is 3.94. The molecule has 3 nitrogen and oxygen atoms in total. The van der Waals surface area contributed by atoms with Crippen LogP contribution < -0.4 is 10.6 Å². The molecule has 0 radical (unpaired) electrons. The van der Waals surface area contributed by atoms with Gasteiger partial charge >= 0.3 is 0 Å². The van der Waals surface area contributed by atoms with Crippen LogP contribution in [0.25, 0.3) is 0 Å². The highest BCUT2D eigenvalue weighted by molar-refractivity contribution is 7.80. The number of thiocarbonyl (C=S) groups is 1. The Hall–Kier alpha value is -0.350. The number of hydrogen-bond donors (Lipinski definition) is 2. The van der Waals surface area contributed by atoms with Crippen LogP contribution in [0.1, 0.15) is 32.6 Å². The summed E-state index contributed by atoms with van der Waals surface area (Å²) in [6.45, 7) is 4.35. The molecule has 0 heterocycles. The summed E-state index contributed by atoms with van der Waals surface area (Å²) in [5.41, 5.74) is 0. The first-order chi connectivity index (χ1) is 7.69. The Morgan fingerprint density at radius 1 is 1.25 bits per heavy atom. The van der Waals surface area contributed by atoms with Gasteiger partial charge in [0.2, 0.25) is 0 Å². The number of nitrogens with zero attached hydrogens (tertiary/aromatic N) is 1. The molecule has 0 aliphatic heterocycles. The Balaban J connectivity index is 2.50. The van der Waals surface area contributed by atoms with E-state index in [2.05, 4.69) is 22.5 Å². The Kier molecular flexibility index (Phi) is 6.06. The average molecular weight is 243 g/mol. The van der Waals surface area contributed by atoms with Crippen molar-refractivity contribution >= 4 is 17.3 Å². The molecule has 1 saturated carbocycles. The molecule has 4 heteroatoms. The van der Waals surface area contributed by atoms with E-state index in [1.165, 1.54) is 25.7 Å². The van der Waals surface area contributed by atoms with E-state index in [0.29, 0.717) is 6.04 Å². The molecule has 0 unspecified atom stereocenters. The van der Waals surface area contributed by atoms with E-state index >= 15 is 0 Å². The second kappa shape index (κ2) is 7.07. The van der Waals surface area contributed by atoms with Crippen LogP contribution in [0.2, 0.25) is 0 Å². The summed E-state index contributed by atoms with van der Waals surface area (Å²) >= 11 is 5.39. The van der Waals surface area contributed by atoms with Crippen molar-refractivity contribution in [2.75, 3.05) is 27.2 Å². The smallest absolute Gasteiger partial charge is 0.168 e. The maximum atomic E-state index is 5.39. The van der Waals surface area contributed by atoms with Gasteiger partial charge in [-0.15, -0.1) is 0 Å². The number of rotatable bonds is 4. The van der Waals surface area contributed by atoms with Gasteiger partial charge in [0, 0.05) is 26.2 Å². The molecule has 0 aromatic carbocycles. The molecule has 0 bridgehead atoms. The molecule has 16 heavy (non-hydrogen) atoms. The van der Waals surface area contributed by atoms with Crippen molar-refractivity contribution in [2.24, 2.45) is 5.92 Å². The fourth-order valence-corrected chi connectivity index (χ4v) is 2.62. The molecule has 0 aromatic heterocycles. The third kappa shape index (κ3) is 3.91. The lowest BCUT2D eigenvalue weighted by Gasteiger charge is -2.37. The first kappa shape index (κ1) is 13.7. The van der Waals surface area contributed by atoms with Crippen LogP contribution in [-0.2, 0) is 0 Å². The molecule has 1 aliphatic rings. The Bertz CT molecular complexity index is 212. The molecule has 0 saturated heterocycles. The lowest BCUT2D eigenvalue weighted by atomic mass is 9.86. The predicted octanol–water partition coefficient (Wildman–Crippen LogP) is 1.59. The summed E-state index contributed by atoms with van der Waals surface area (Å²) in [5, 5.41) is 7.21. The Morgan fingerprint density at radius 3 is 2.38 bits per heavy atom. The highest BCUT2D eigenvalue weighted by atomic mass is 32.1. The van der Waals surface area contributed by atoms with Crippen LogP contribution in [0.5, 0.6) is 0 Å². The highest BCUT2D eigenvalue weighted by Gasteiger charge is 2.24. The van der Waals surface area contributed by atoms with E-state index in [9.17, 15) is 0 Å². The van der Waals surface area contributed by atoms with Crippen molar-refractivity contribution in [1.29, 1.82) is 0 Å². The van der Waals surface area contributed by atoms with Gasteiger partial charge in [-0.25, -0.2) is 0 Å². The minimum atomic E-state index is 0.643. The molecule has 1 fully saturated rings. The van der Waals surface area contributed by atoms with E-state index in [-0.39, 0.29) is 0 Å². The molecule has 0 amide bonds. The monoisotopic (exact) mass is 243 g/mol. The molecular weight excluding hydrogens is 218 g/mol. The number of hydrogen-bond acceptors (Lipinski definition) is 2. The minimum Gasteiger partial charge on any atom is -0.366 e. The van der Waals surface area contributed by atoms with Gasteiger partial charge in [-0.3, -0.25) is 0 Å². The standard InChI is InChI=1S/C12H25N3S/c1-10-4-6-11(7-5-10)15(9-8-13-2)12(16)14-3/h10-11,13H,4-9H2,1-3H3,(H,14,16)/t10-,11-. The van der Waals surface area contributed by atoms with Gasteiger partial charge in [-0.2, -0.15) is 0 Å². The van der Waals surface area contributed by atoms with Gasteiger partial charge in [0.1, 0.15) is 0 Å². The molecule has 1 rings (SSSR count). The van der Waals surface area contributed by atoms with Gasteiger partial charge in [-0.1, -0.05) is 6.92 Å². The van der Waals surface area contributed by atoms with E-state index in [1.807, 2.05) is 14.1 Å². The van der Waals surface area contributed by atoms with Gasteiger partial charge in [0.15, 0.2) is 5.11 Å². The minimum absolute atomic E-state index is 0.643. The zero-order valence-corrected chi connectivity index (χ0v) is 11.6. The maximum Gasteiger partial charge on any atom is 0.168 e. The first-order valence-electron chi connectivity index (χ1n) is 6.32. The Labute approximate surface area is 105 Å². The largest absolute Gasteiger partial charge is 0.366 e. The quantitative estimate of drug-likeness (QED) is 0.733. The molecular formula is C12H25N3S. The van der Waals surface area contributed by atoms with Crippen LogP contribution in [-0.4, -0.2) is 43.2 Å². The van der Waals surface area contributed by atoms with Crippen molar-refractivity contribution in [2.45, 2.75) is 38.6 Å². The predicted molar refractivity (Wildman–Crippen MR) is 73.7 cm³/mol. The summed E-state index contributed by atoms with van der Waals surface area (Å²) < 4.78 is 0. The van der Waals surface area contributed by atoms with Crippen molar-refractivity contribution < 1.29 is 0 Å². The van der Waals surface area contributed by atoms with Gasteiger partial charge in [0.25, 0.3) is 0 Å². The van der Waals surface area contributed by atoms with E-state index in [4.69, 9.17) is 12.2 Å². The fourth-order valence-electron chi connectivity index (χ4n) is 2.38. The van der Waals surface area contributed by atoms with Crippen molar-refractivity contribution in [3.05, 3.63) is 0 Å². The molecule has 2 N–H and O–H groups in total. The molecule has 1 aliphatic carbocycles. The Morgan fingerprint density at radius 2 is 1.88 bits per heavy atom. The lowest BCUT2D eigenvalue weighted by molar-refractivity contribution is 0.213. The topological polar surface area (TPSA) is 27.3 Å². The van der Waals surface area contributed by atoms with Gasteiger partial charge in [0.05, 0.1) is 0 Å². The van der Waals surface area contributed by atoms with E-state index in [1.54, 1.807) is 0 Å². The maximum absolute atomic E-state index is 5.39. The van der Waals surface area contributed by atoms with Crippen LogP contribution in [0.15, 0.2) is 0 Å². The first-order valence-corrected chi connectivity index (χ1v) is 6.72. The van der Waals surface area contributed by atoms with Crippen LogP contribution in [0, 0.1) is 5.92 Å². The third-order valence-electron chi connectivity index (χ3n) is 3.50. The van der Waals surface area contributed by atoms with Crippen molar-refractivity contribution in [3.63, 3.8) is 0 Å². The average Bonchev–Trinajstić information content (AvgIpc) is 2.31. The van der Waals surface area contributed by atoms with Crippen LogP contribution >= 0.6 is 12.2 Å². The summed E-state index contributed by atoms with van der Waals surface area (Å²) in [4.78, 5) is 2.36. The fraction of sp³-hybridized carbons (Fsp3) is 0.917. The zero-order valence-electron chi connectivity index (χ0n) is 10.8. The van der Waals surface area contributed by atoms with Crippen molar-refractivity contribution in [3.8, 4) is 0 Å². The normalized spacial score (nSPS) is 25.2. The molecule has 0 atom stereocenters. The second-order valence-corrected chi connectivity index (χ2v) is 5.15. The molecule has 0 spiro atoms. The second-order valence-electron chi connectivity index (χ2n) is 4.77. The number of likely N-dealkylation sites (N-methyl/N-ethyl adjacent to an activating group) is 1. The zero-order chi connectivity index (χ0) is 12.0. The summed E-state index contributed by atoms with van der Waals surface area (Å²) in [5.74, 6) is 0.894. The van der Waals surface area contributed by atoms with E-state index < -0.39 is 0 Å². The molecule has 0 aromatic rings. The number of nitrogens with one attached hydrogen (secondary N) is 2. The van der Waals surface area contributed by atoms with Gasteiger partial charge in [-0.05, 0) is 50.9 Å². The van der Waals surface area contributed by atoms with E-state index in [0.717, 1.165) is 24.1 Å².